The number of nitrogens with zero attached hydrogens (tertiary/aromatic N) is 1. The van der Waals surface area contributed by atoms with E-state index in [0.717, 1.165) is 6.04 Å². The highest BCUT2D eigenvalue weighted by atomic mass is 28.2. The maximum Gasteiger partial charge on any atom is 0.235 e. The van der Waals surface area contributed by atoms with Crippen molar-refractivity contribution < 1.29 is 14.3 Å². The van der Waals surface area contributed by atoms with Gasteiger partial charge in [-0.15, -0.1) is 5.70 Å². The van der Waals surface area contributed by atoms with Gasteiger partial charge in [0.05, 0.1) is 16.1 Å². The number of aliphatic imine (C=N–C) groups is 1. The molecule has 0 saturated carbocycles. The number of isocyanates is 1. The number of hydrogen-bond donors (Lipinski definition) is 0. The summed E-state index contributed by atoms with van der Waals surface area (Å²) in [5.74, 6) is 0. The summed E-state index contributed by atoms with van der Waals surface area (Å²) in [6.07, 6.45) is 3.33. The van der Waals surface area contributed by atoms with Crippen LogP contribution in [0, 0.1) is 0 Å². The van der Waals surface area contributed by atoms with Gasteiger partial charge in [0, 0.05) is 13.2 Å². The van der Waals surface area contributed by atoms with Gasteiger partial charge in [-0.1, -0.05) is 6.08 Å². The highest BCUT2D eigenvalue weighted by Gasteiger charge is 2.05. The monoisotopic (exact) mass is 229 g/mol. The van der Waals surface area contributed by atoms with Crippen molar-refractivity contribution in [2.24, 2.45) is 4.99 Å². The first-order valence-electron chi connectivity index (χ1n) is 5.27. The molecule has 0 atom stereocenters. The van der Waals surface area contributed by atoms with Gasteiger partial charge in [-0.05, 0) is 19.9 Å². The molecule has 0 aromatic rings. The van der Waals surface area contributed by atoms with Crippen molar-refractivity contribution in [2.75, 3.05) is 19.8 Å². The zero-order valence-corrected chi connectivity index (χ0v) is 10.9. The lowest BCUT2D eigenvalue weighted by atomic mass is 10.6. The molecule has 5 heteroatoms. The molecule has 0 aromatic heterocycles. The smallest absolute Gasteiger partial charge is 0.235 e. The van der Waals surface area contributed by atoms with Crippen molar-refractivity contribution in [3.63, 3.8) is 0 Å². The van der Waals surface area contributed by atoms with E-state index in [4.69, 9.17) is 9.47 Å². The second-order valence-corrected chi connectivity index (χ2v) is 4.45. The third kappa shape index (κ3) is 9.56. The van der Waals surface area contributed by atoms with Crippen LogP contribution in [-0.4, -0.2) is 41.6 Å². The fourth-order valence-corrected chi connectivity index (χ4v) is 2.28. The van der Waals surface area contributed by atoms with E-state index in [1.54, 1.807) is 0 Å². The number of carbonyl (C=O) groups excluding carboxylic acids is 1. The molecule has 0 N–H and O–H groups in total. The standard InChI is InChI=1S/C10H19NO3Si/c1-3-13-10(14-4-2)8-15-7-5-6-11-9-12/h5,7,10H,3-4,6,8,15H2,1-2H3. The van der Waals surface area contributed by atoms with Crippen LogP contribution in [0.2, 0.25) is 6.04 Å². The molecule has 0 aliphatic carbocycles. The first-order valence-corrected chi connectivity index (χ1v) is 7.08. The Balaban J connectivity index is 3.59. The van der Waals surface area contributed by atoms with Crippen LogP contribution >= 0.6 is 0 Å². The Labute approximate surface area is 93.2 Å². The molecule has 86 valence electrons. The van der Waals surface area contributed by atoms with E-state index in [1.165, 1.54) is 6.08 Å². The Morgan fingerprint density at radius 2 is 2.07 bits per heavy atom. The Morgan fingerprint density at radius 3 is 2.60 bits per heavy atom. The third-order valence-electron chi connectivity index (χ3n) is 1.70. The molecule has 0 rings (SSSR count). The Bertz CT molecular complexity index is 209. The first kappa shape index (κ1) is 14.3. The van der Waals surface area contributed by atoms with E-state index in [0.29, 0.717) is 19.8 Å². The Hall–Kier alpha value is -0.743. The number of rotatable bonds is 9. The summed E-state index contributed by atoms with van der Waals surface area (Å²) in [5.41, 5.74) is 2.10. The van der Waals surface area contributed by atoms with Crippen LogP contribution in [0.15, 0.2) is 16.8 Å². The molecule has 0 radical (unpaired) electrons. The summed E-state index contributed by atoms with van der Waals surface area (Å²) < 4.78 is 10.8. The molecule has 15 heavy (non-hydrogen) atoms. The molecule has 0 amide bonds. The zero-order chi connectivity index (χ0) is 11.4. The molecule has 0 bridgehead atoms. The van der Waals surface area contributed by atoms with Crippen LogP contribution in [0.1, 0.15) is 13.8 Å². The lowest BCUT2D eigenvalue weighted by Crippen LogP contribution is -2.18. The maximum atomic E-state index is 9.76. The molecule has 0 saturated heterocycles. The SMILES string of the molecule is CCOC(C[SiH2]C=CCN=C=O)OCC. The summed E-state index contributed by atoms with van der Waals surface area (Å²) >= 11 is 0. The highest BCUT2D eigenvalue weighted by molar-refractivity contribution is 6.42. The third-order valence-corrected chi connectivity index (χ3v) is 3.17. The van der Waals surface area contributed by atoms with Crippen LogP contribution in [-0.2, 0) is 14.3 Å². The molecule has 0 aliphatic heterocycles. The van der Waals surface area contributed by atoms with Gasteiger partial charge in [-0.25, -0.2) is 9.79 Å². The second kappa shape index (κ2) is 11.3. The summed E-state index contributed by atoms with van der Waals surface area (Å²) in [4.78, 5) is 13.2. The van der Waals surface area contributed by atoms with E-state index in [9.17, 15) is 4.79 Å². The minimum atomic E-state index is -0.325. The quantitative estimate of drug-likeness (QED) is 0.254. The molecule has 0 aromatic carbocycles. The molecule has 0 unspecified atom stereocenters. The summed E-state index contributed by atoms with van der Waals surface area (Å²) in [7, 11) is -0.325. The lowest BCUT2D eigenvalue weighted by Gasteiger charge is -2.15. The number of hydrogen-bond acceptors (Lipinski definition) is 4. The van der Waals surface area contributed by atoms with Crippen molar-refractivity contribution >= 4 is 15.6 Å². The highest BCUT2D eigenvalue weighted by Crippen LogP contribution is 2.01. The molecule has 4 nitrogen and oxygen atoms in total. The molecular formula is C10H19NO3Si. The average molecular weight is 229 g/mol. The van der Waals surface area contributed by atoms with Gasteiger partial charge in [-0.2, -0.15) is 0 Å². The molecule has 0 aliphatic rings. The van der Waals surface area contributed by atoms with Crippen LogP contribution in [0.3, 0.4) is 0 Å². The predicted molar refractivity (Wildman–Crippen MR) is 62.5 cm³/mol. The molecule has 0 fully saturated rings. The van der Waals surface area contributed by atoms with Crippen molar-refractivity contribution in [3.8, 4) is 0 Å². The van der Waals surface area contributed by atoms with Gasteiger partial charge < -0.3 is 9.47 Å². The molecule has 0 spiro atoms. The Morgan fingerprint density at radius 1 is 1.40 bits per heavy atom. The van der Waals surface area contributed by atoms with E-state index < -0.39 is 0 Å². The van der Waals surface area contributed by atoms with Crippen LogP contribution in [0.4, 0.5) is 0 Å². The van der Waals surface area contributed by atoms with Gasteiger partial charge in [0.2, 0.25) is 6.08 Å². The van der Waals surface area contributed by atoms with Gasteiger partial charge in [0.1, 0.15) is 0 Å². The van der Waals surface area contributed by atoms with Gasteiger partial charge in [0.25, 0.3) is 0 Å². The average Bonchev–Trinajstić information content (AvgIpc) is 2.24. The fourth-order valence-electron chi connectivity index (χ4n) is 1.10. The minimum absolute atomic E-state index is 0.0640. The maximum absolute atomic E-state index is 9.76. The minimum Gasteiger partial charge on any atom is -0.353 e. The topological polar surface area (TPSA) is 47.9 Å². The van der Waals surface area contributed by atoms with Crippen molar-refractivity contribution in [3.05, 3.63) is 11.8 Å². The van der Waals surface area contributed by atoms with Crippen LogP contribution < -0.4 is 0 Å². The summed E-state index contributed by atoms with van der Waals surface area (Å²) in [5, 5.41) is 0. The summed E-state index contributed by atoms with van der Waals surface area (Å²) in [6.45, 7) is 5.71. The fraction of sp³-hybridized carbons (Fsp3) is 0.700. The van der Waals surface area contributed by atoms with Crippen LogP contribution in [0.25, 0.3) is 0 Å². The van der Waals surface area contributed by atoms with E-state index in [2.05, 4.69) is 10.7 Å². The first-order chi connectivity index (χ1) is 7.35. The molecule has 0 heterocycles. The zero-order valence-electron chi connectivity index (χ0n) is 9.44. The lowest BCUT2D eigenvalue weighted by molar-refractivity contribution is -0.122. The van der Waals surface area contributed by atoms with E-state index >= 15 is 0 Å². The summed E-state index contributed by atoms with van der Waals surface area (Å²) in [6, 6.07) is 0.961. The van der Waals surface area contributed by atoms with Crippen molar-refractivity contribution in [2.45, 2.75) is 26.2 Å². The molecular weight excluding hydrogens is 210 g/mol. The second-order valence-electron chi connectivity index (χ2n) is 2.82. The largest absolute Gasteiger partial charge is 0.353 e. The normalized spacial score (nSPS) is 11.7. The van der Waals surface area contributed by atoms with E-state index in [-0.39, 0.29) is 15.8 Å². The van der Waals surface area contributed by atoms with E-state index in [1.807, 2.05) is 19.9 Å². The van der Waals surface area contributed by atoms with Gasteiger partial charge in [-0.3, -0.25) is 0 Å². The number of ether oxygens (including phenoxy) is 2. The Kier molecular flexibility index (Phi) is 10.8. The van der Waals surface area contributed by atoms with Crippen molar-refractivity contribution in [1.82, 2.24) is 0 Å². The van der Waals surface area contributed by atoms with Crippen molar-refractivity contribution in [1.29, 1.82) is 0 Å². The predicted octanol–water partition coefficient (Wildman–Crippen LogP) is 0.822. The van der Waals surface area contributed by atoms with Gasteiger partial charge >= 0.3 is 0 Å². The van der Waals surface area contributed by atoms with Crippen LogP contribution in [0.5, 0.6) is 0 Å². The van der Waals surface area contributed by atoms with Gasteiger partial charge in [0.15, 0.2) is 6.29 Å².